The Bertz CT molecular complexity index is 710. The van der Waals surface area contributed by atoms with Crippen LogP contribution in [0.4, 0.5) is 0 Å². The summed E-state index contributed by atoms with van der Waals surface area (Å²) >= 11 is 1.59. The number of piperidine rings is 1. The highest BCUT2D eigenvalue weighted by Crippen LogP contribution is 2.24. The van der Waals surface area contributed by atoms with Crippen molar-refractivity contribution in [3.63, 3.8) is 0 Å². The molecule has 0 amide bonds. The maximum Gasteiger partial charge on any atom is 0.227 e. The minimum atomic E-state index is -3.11. The summed E-state index contributed by atoms with van der Waals surface area (Å²) in [6, 6.07) is 1.95. The van der Waals surface area contributed by atoms with Crippen LogP contribution < -0.4 is 0 Å². The molecule has 0 spiro atoms. The molecule has 120 valence electrons. The molecule has 22 heavy (non-hydrogen) atoms. The molecule has 0 saturated carbocycles. The van der Waals surface area contributed by atoms with Gasteiger partial charge in [-0.2, -0.15) is 16.3 Å². The van der Waals surface area contributed by atoms with Crippen molar-refractivity contribution in [1.82, 2.24) is 14.4 Å². The second kappa shape index (κ2) is 6.47. The second-order valence-electron chi connectivity index (χ2n) is 5.49. The summed E-state index contributed by atoms with van der Waals surface area (Å²) in [5.41, 5.74) is 0.957. The molecule has 1 aliphatic rings. The first-order valence-electron chi connectivity index (χ1n) is 7.41. The Balaban J connectivity index is 1.66. The molecule has 0 radical (unpaired) electrons. The van der Waals surface area contributed by atoms with E-state index in [0.29, 0.717) is 31.2 Å². The Morgan fingerprint density at radius 2 is 2.36 bits per heavy atom. The minimum absolute atomic E-state index is 0.155. The highest BCUT2D eigenvalue weighted by molar-refractivity contribution is 7.89. The predicted octanol–water partition coefficient (Wildman–Crippen LogP) is 2.40. The summed E-state index contributed by atoms with van der Waals surface area (Å²) in [4.78, 5) is 4.42. The van der Waals surface area contributed by atoms with Gasteiger partial charge in [-0.3, -0.25) is 0 Å². The minimum Gasteiger partial charge on any atom is -0.339 e. The van der Waals surface area contributed by atoms with Gasteiger partial charge in [0.25, 0.3) is 0 Å². The first-order valence-corrected chi connectivity index (χ1v) is 9.96. The highest BCUT2D eigenvalue weighted by atomic mass is 32.2. The van der Waals surface area contributed by atoms with Crippen molar-refractivity contribution in [2.75, 3.05) is 18.8 Å². The maximum absolute atomic E-state index is 12.0. The van der Waals surface area contributed by atoms with Crippen LogP contribution in [-0.4, -0.2) is 41.7 Å². The SMILES string of the molecule is CCS(=O)(=O)N1CCC[C@@H](Cc2nc(-c3ccsc3)no2)C1. The first kappa shape index (κ1) is 15.6. The lowest BCUT2D eigenvalue weighted by molar-refractivity contribution is 0.247. The van der Waals surface area contributed by atoms with E-state index in [1.54, 1.807) is 22.6 Å². The zero-order valence-electron chi connectivity index (χ0n) is 12.4. The van der Waals surface area contributed by atoms with Gasteiger partial charge < -0.3 is 4.52 Å². The normalized spacial score (nSPS) is 20.3. The molecule has 3 rings (SSSR count). The average Bonchev–Trinajstić information content (AvgIpc) is 3.18. The molecule has 3 heterocycles. The van der Waals surface area contributed by atoms with Gasteiger partial charge in [-0.1, -0.05) is 5.16 Å². The highest BCUT2D eigenvalue weighted by Gasteiger charge is 2.28. The van der Waals surface area contributed by atoms with E-state index in [-0.39, 0.29) is 11.7 Å². The van der Waals surface area contributed by atoms with Crippen molar-refractivity contribution in [3.05, 3.63) is 22.7 Å². The van der Waals surface area contributed by atoms with Gasteiger partial charge in [0.2, 0.25) is 21.7 Å². The van der Waals surface area contributed by atoms with E-state index in [1.807, 2.05) is 16.8 Å². The van der Waals surface area contributed by atoms with Gasteiger partial charge in [0, 0.05) is 30.5 Å². The third-order valence-corrected chi connectivity index (χ3v) is 6.48. The van der Waals surface area contributed by atoms with Crippen LogP contribution in [-0.2, 0) is 16.4 Å². The van der Waals surface area contributed by atoms with Crippen LogP contribution >= 0.6 is 11.3 Å². The number of hydrogen-bond acceptors (Lipinski definition) is 6. The lowest BCUT2D eigenvalue weighted by Gasteiger charge is -2.30. The summed E-state index contributed by atoms with van der Waals surface area (Å²) in [7, 11) is -3.11. The Morgan fingerprint density at radius 1 is 1.50 bits per heavy atom. The van der Waals surface area contributed by atoms with Crippen molar-refractivity contribution in [2.24, 2.45) is 5.92 Å². The number of aromatic nitrogens is 2. The number of hydrogen-bond donors (Lipinski definition) is 0. The van der Waals surface area contributed by atoms with E-state index in [9.17, 15) is 8.42 Å². The smallest absolute Gasteiger partial charge is 0.227 e. The fourth-order valence-electron chi connectivity index (χ4n) is 2.72. The van der Waals surface area contributed by atoms with Crippen LogP contribution in [0.3, 0.4) is 0 Å². The Hall–Kier alpha value is -1.25. The molecule has 6 nitrogen and oxygen atoms in total. The molecule has 1 fully saturated rings. The van der Waals surface area contributed by atoms with E-state index >= 15 is 0 Å². The number of rotatable bonds is 5. The molecular weight excluding hydrogens is 322 g/mol. The molecule has 8 heteroatoms. The van der Waals surface area contributed by atoms with E-state index in [4.69, 9.17) is 4.52 Å². The van der Waals surface area contributed by atoms with Crippen molar-refractivity contribution in [2.45, 2.75) is 26.2 Å². The number of sulfonamides is 1. The Kier molecular flexibility index (Phi) is 4.60. The fraction of sp³-hybridized carbons (Fsp3) is 0.571. The molecule has 0 aromatic carbocycles. The zero-order valence-corrected chi connectivity index (χ0v) is 14.1. The molecule has 1 saturated heterocycles. The second-order valence-corrected chi connectivity index (χ2v) is 8.53. The molecular formula is C14H19N3O3S2. The van der Waals surface area contributed by atoms with Crippen molar-refractivity contribution < 1.29 is 12.9 Å². The topological polar surface area (TPSA) is 76.3 Å². The quantitative estimate of drug-likeness (QED) is 0.834. The molecule has 1 atom stereocenters. The summed E-state index contributed by atoms with van der Waals surface area (Å²) in [6.07, 6.45) is 2.51. The number of thiophene rings is 1. The lowest BCUT2D eigenvalue weighted by atomic mass is 9.96. The van der Waals surface area contributed by atoms with Gasteiger partial charge in [0.05, 0.1) is 5.75 Å². The third kappa shape index (κ3) is 3.39. The number of nitrogens with zero attached hydrogens (tertiary/aromatic N) is 3. The van der Waals surface area contributed by atoms with Gasteiger partial charge in [-0.05, 0) is 37.1 Å². The van der Waals surface area contributed by atoms with Gasteiger partial charge in [-0.15, -0.1) is 0 Å². The first-order chi connectivity index (χ1) is 10.6. The predicted molar refractivity (Wildman–Crippen MR) is 85.1 cm³/mol. The van der Waals surface area contributed by atoms with E-state index in [0.717, 1.165) is 18.4 Å². The van der Waals surface area contributed by atoms with Gasteiger partial charge in [0.1, 0.15) is 0 Å². The van der Waals surface area contributed by atoms with Crippen LogP contribution in [0.15, 0.2) is 21.3 Å². The molecule has 0 unspecified atom stereocenters. The summed E-state index contributed by atoms with van der Waals surface area (Å²) in [6.45, 7) is 2.85. The average molecular weight is 341 g/mol. The van der Waals surface area contributed by atoms with E-state index < -0.39 is 10.0 Å². The summed E-state index contributed by atoms with van der Waals surface area (Å²) < 4.78 is 30.9. The summed E-state index contributed by atoms with van der Waals surface area (Å²) in [5, 5.41) is 7.95. The molecule has 0 aliphatic carbocycles. The lowest BCUT2D eigenvalue weighted by Crippen LogP contribution is -2.41. The van der Waals surface area contributed by atoms with Crippen LogP contribution in [0.5, 0.6) is 0 Å². The van der Waals surface area contributed by atoms with Gasteiger partial charge in [0.15, 0.2) is 0 Å². The molecule has 0 N–H and O–H groups in total. The van der Waals surface area contributed by atoms with Crippen molar-refractivity contribution >= 4 is 21.4 Å². The van der Waals surface area contributed by atoms with Gasteiger partial charge >= 0.3 is 0 Å². The summed E-state index contributed by atoms with van der Waals surface area (Å²) in [5.74, 6) is 1.58. The Labute approximate surface area is 134 Å². The van der Waals surface area contributed by atoms with Gasteiger partial charge in [-0.25, -0.2) is 12.7 Å². The van der Waals surface area contributed by atoms with Crippen molar-refractivity contribution in [1.29, 1.82) is 0 Å². The monoisotopic (exact) mass is 341 g/mol. The van der Waals surface area contributed by atoms with Crippen LogP contribution in [0.1, 0.15) is 25.7 Å². The van der Waals surface area contributed by atoms with Crippen LogP contribution in [0, 0.1) is 5.92 Å². The van der Waals surface area contributed by atoms with Crippen LogP contribution in [0.2, 0.25) is 0 Å². The maximum atomic E-state index is 12.0. The zero-order chi connectivity index (χ0) is 15.6. The standard InChI is InChI=1S/C14H19N3O3S2/c1-2-22(18,19)17-6-3-4-11(9-17)8-13-15-14(16-20-13)12-5-7-21-10-12/h5,7,10-11H,2-4,6,8-9H2,1H3/t11-/m0/s1. The fourth-order valence-corrected chi connectivity index (χ4v) is 4.57. The van der Waals surface area contributed by atoms with Crippen LogP contribution in [0.25, 0.3) is 11.4 Å². The van der Waals surface area contributed by atoms with E-state index in [2.05, 4.69) is 10.1 Å². The van der Waals surface area contributed by atoms with Crippen molar-refractivity contribution in [3.8, 4) is 11.4 Å². The Morgan fingerprint density at radius 3 is 3.09 bits per heavy atom. The molecule has 1 aliphatic heterocycles. The largest absolute Gasteiger partial charge is 0.339 e. The molecule has 2 aromatic heterocycles. The molecule has 0 bridgehead atoms. The van der Waals surface area contributed by atoms with E-state index in [1.165, 1.54) is 0 Å². The third-order valence-electron chi connectivity index (χ3n) is 3.95. The molecule has 2 aromatic rings.